The molecule has 0 amide bonds. The molecule has 0 aromatic rings. The van der Waals surface area contributed by atoms with E-state index in [1.807, 2.05) is 0 Å². The van der Waals surface area contributed by atoms with Crippen molar-refractivity contribution in [2.45, 2.75) is 334 Å². The lowest BCUT2D eigenvalue weighted by Crippen LogP contribution is -2.38. The fraction of sp³-hybridized carbons (Fsp3) is 1.00. The summed E-state index contributed by atoms with van der Waals surface area (Å²) in [4.78, 5) is 0. The predicted octanol–water partition coefficient (Wildman–Crippen LogP) is 22.7. The number of hydrogen-bond acceptors (Lipinski definition) is 0. The Hall–Kier alpha value is 0. The summed E-state index contributed by atoms with van der Waals surface area (Å²) in [5, 5.41) is 0. The molecule has 0 aromatic carbocycles. The molecular formula is C72H124. The van der Waals surface area contributed by atoms with Crippen molar-refractivity contribution in [2.75, 3.05) is 0 Å². The first kappa shape index (κ1) is 54.0. The lowest BCUT2D eigenvalue weighted by molar-refractivity contribution is 0.0278. The van der Waals surface area contributed by atoms with E-state index in [-0.39, 0.29) is 0 Å². The first-order valence-corrected chi connectivity index (χ1v) is 35.7. The summed E-state index contributed by atoms with van der Waals surface area (Å²) in [6.07, 6.45) is 81.3. The summed E-state index contributed by atoms with van der Waals surface area (Å²) in [5.41, 5.74) is 0. The Morgan fingerprint density at radius 3 is 0.736 bits per heavy atom. The van der Waals surface area contributed by atoms with E-state index in [0.717, 1.165) is 59.2 Å². The van der Waals surface area contributed by atoms with Gasteiger partial charge in [-0.2, -0.15) is 0 Å². The smallest absolute Gasteiger partial charge is 0.0329 e. The topological polar surface area (TPSA) is 0 Å². The van der Waals surface area contributed by atoms with Gasteiger partial charge in [0.2, 0.25) is 0 Å². The van der Waals surface area contributed by atoms with Gasteiger partial charge in [-0.15, -0.1) is 0 Å². The third-order valence-electron chi connectivity index (χ3n) is 27.2. The van der Waals surface area contributed by atoms with Crippen LogP contribution in [0.25, 0.3) is 0 Å². The molecule has 0 radical (unpaired) electrons. The molecular weight excluding hydrogens is 865 g/mol. The molecule has 16 aliphatic carbocycles. The highest BCUT2D eigenvalue weighted by Crippen LogP contribution is 2.58. The first-order chi connectivity index (χ1) is 35.7. The van der Waals surface area contributed by atoms with E-state index < -0.39 is 0 Å². The third kappa shape index (κ3) is 14.2. The van der Waals surface area contributed by atoms with E-state index in [9.17, 15) is 0 Å². The van der Waals surface area contributed by atoms with Crippen LogP contribution in [0.1, 0.15) is 334 Å². The molecule has 16 aliphatic rings. The SMILES string of the molecule is C1CC2CCCC2C2CC2C1.C1CC2CCCC3CCC(C1)C23.C1CCC2C(C1)CCC1CCCCC12.C1CCC2CC3CCCCC3CC2C1.C1CCC2CCCCC2C1.C1CCC2CCCCC2CC1. The Bertz CT molecular complexity index is 1400. The van der Waals surface area contributed by atoms with Crippen LogP contribution in [0, 0.1) is 118 Å². The van der Waals surface area contributed by atoms with Crippen molar-refractivity contribution >= 4 is 0 Å². The Morgan fingerprint density at radius 2 is 0.333 bits per heavy atom. The van der Waals surface area contributed by atoms with E-state index in [4.69, 9.17) is 0 Å². The molecule has 16 atom stereocenters. The maximum Gasteiger partial charge on any atom is -0.0329 e. The molecule has 0 spiro atoms. The quantitative estimate of drug-likeness (QED) is 0.227. The maximum atomic E-state index is 1.62. The van der Waals surface area contributed by atoms with Gasteiger partial charge in [0, 0.05) is 0 Å². The second-order valence-corrected chi connectivity index (χ2v) is 30.8. The normalized spacial score (nSPS) is 47.3. The third-order valence-corrected chi connectivity index (χ3v) is 27.2. The molecule has 16 saturated carbocycles. The largest absolute Gasteiger partial charge is 0.0533 e. The van der Waals surface area contributed by atoms with Gasteiger partial charge in [-0.25, -0.2) is 0 Å². The van der Waals surface area contributed by atoms with Crippen molar-refractivity contribution in [3.63, 3.8) is 0 Å². The van der Waals surface area contributed by atoms with E-state index in [0.29, 0.717) is 0 Å². The van der Waals surface area contributed by atoms with Crippen LogP contribution in [0.5, 0.6) is 0 Å². The molecule has 16 rings (SSSR count). The summed E-state index contributed by atoms with van der Waals surface area (Å²) in [6.45, 7) is 0. The highest BCUT2D eigenvalue weighted by molar-refractivity contribution is 4.99. The molecule has 0 heteroatoms. The average Bonchev–Trinajstić information content (AvgIpc) is 4.02. The summed E-state index contributed by atoms with van der Waals surface area (Å²) < 4.78 is 0. The molecule has 72 heavy (non-hydrogen) atoms. The van der Waals surface area contributed by atoms with Crippen molar-refractivity contribution in [1.82, 2.24) is 0 Å². The van der Waals surface area contributed by atoms with Gasteiger partial charge < -0.3 is 0 Å². The molecule has 0 aliphatic heterocycles. The molecule has 0 aromatic heterocycles. The first-order valence-electron chi connectivity index (χ1n) is 35.7. The summed E-state index contributed by atoms with van der Waals surface area (Å²) in [7, 11) is 0. The Balaban J connectivity index is 0.0000000938. The molecule has 412 valence electrons. The lowest BCUT2D eigenvalue weighted by Gasteiger charge is -2.48. The standard InChI is InChI=1S/2C14H24.C12H20.C11H18.C11H20.C10H18/c1-3-7-13-11(5-1)9-10-12-6-2-4-8-14(12)13;1-2-6-12-10-14-8-4-3-7-13(14)9-11(12)5-1;1-3-9-4-2-6-11-8-7-10(5-1)12(9)11;1-3-8-4-2-6-10(8)11-7-9(11)5-1;1-2-6-10-8-4-5-9-11(10)7-3-1;1-2-6-10-8-4-3-7-9(10)5-1/h2*11-14H,1-10H2;9-12H,1-8H2;8-11H,1-7H2;10-11H,1-9H2;9-10H,1-8H2. The van der Waals surface area contributed by atoms with Gasteiger partial charge in [-0.3, -0.25) is 0 Å². The average molecular weight is 990 g/mol. The van der Waals surface area contributed by atoms with Gasteiger partial charge in [0.25, 0.3) is 0 Å². The zero-order chi connectivity index (χ0) is 48.3. The predicted molar refractivity (Wildman–Crippen MR) is 310 cm³/mol. The van der Waals surface area contributed by atoms with Gasteiger partial charge in [-0.05, 0) is 183 Å². The fourth-order valence-corrected chi connectivity index (χ4v) is 23.4. The highest BCUT2D eigenvalue weighted by Gasteiger charge is 2.49. The van der Waals surface area contributed by atoms with Gasteiger partial charge in [0.05, 0.1) is 0 Å². The van der Waals surface area contributed by atoms with Gasteiger partial charge in [0.15, 0.2) is 0 Å². The second-order valence-electron chi connectivity index (χ2n) is 30.8. The minimum absolute atomic E-state index is 1.14. The van der Waals surface area contributed by atoms with Crippen LogP contribution in [0.4, 0.5) is 0 Å². The van der Waals surface area contributed by atoms with Crippen LogP contribution in [-0.4, -0.2) is 0 Å². The summed E-state index contributed by atoms with van der Waals surface area (Å²) >= 11 is 0. The zero-order valence-corrected chi connectivity index (χ0v) is 48.3. The van der Waals surface area contributed by atoms with Gasteiger partial charge >= 0.3 is 0 Å². The molecule has 0 heterocycles. The van der Waals surface area contributed by atoms with Crippen molar-refractivity contribution in [2.24, 2.45) is 118 Å². The van der Waals surface area contributed by atoms with Crippen LogP contribution in [0.15, 0.2) is 0 Å². The van der Waals surface area contributed by atoms with Crippen LogP contribution in [0.2, 0.25) is 0 Å². The molecule has 16 unspecified atom stereocenters. The maximum absolute atomic E-state index is 1.62. The van der Waals surface area contributed by atoms with E-state index >= 15 is 0 Å². The summed E-state index contributed by atoms with van der Waals surface area (Å²) in [5.74, 6) is 23.4. The second kappa shape index (κ2) is 27.7. The van der Waals surface area contributed by atoms with E-state index in [1.54, 1.807) is 276 Å². The fourth-order valence-electron chi connectivity index (χ4n) is 23.4. The van der Waals surface area contributed by atoms with Crippen molar-refractivity contribution in [3.05, 3.63) is 0 Å². The number of hydrogen-bond donors (Lipinski definition) is 0. The van der Waals surface area contributed by atoms with Gasteiger partial charge in [0.1, 0.15) is 0 Å². The summed E-state index contributed by atoms with van der Waals surface area (Å²) in [6, 6.07) is 0. The van der Waals surface area contributed by atoms with Crippen molar-refractivity contribution in [3.8, 4) is 0 Å². The Kier molecular flexibility index (Phi) is 20.8. The molecule has 0 N–H and O–H groups in total. The zero-order valence-electron chi connectivity index (χ0n) is 48.3. The minimum Gasteiger partial charge on any atom is -0.0533 e. The molecule has 0 bridgehead atoms. The Morgan fingerprint density at radius 1 is 0.111 bits per heavy atom. The van der Waals surface area contributed by atoms with Gasteiger partial charge in [-0.1, -0.05) is 270 Å². The van der Waals surface area contributed by atoms with E-state index in [2.05, 4.69) is 0 Å². The van der Waals surface area contributed by atoms with Crippen LogP contribution < -0.4 is 0 Å². The monoisotopic (exact) mass is 989 g/mol. The van der Waals surface area contributed by atoms with Crippen LogP contribution in [0.3, 0.4) is 0 Å². The lowest BCUT2D eigenvalue weighted by atomic mass is 9.58. The van der Waals surface area contributed by atoms with Crippen molar-refractivity contribution in [1.29, 1.82) is 0 Å². The molecule has 0 nitrogen and oxygen atoms in total. The number of rotatable bonds is 0. The molecule has 0 saturated heterocycles. The highest BCUT2D eigenvalue weighted by atomic mass is 14.5. The minimum atomic E-state index is 1.14. The molecule has 16 fully saturated rings. The van der Waals surface area contributed by atoms with Crippen LogP contribution >= 0.6 is 0 Å². The van der Waals surface area contributed by atoms with Crippen LogP contribution in [-0.2, 0) is 0 Å². The number of fused-ring (bicyclic) bond motifs is 10. The Labute approximate surface area is 450 Å². The van der Waals surface area contributed by atoms with Crippen molar-refractivity contribution < 1.29 is 0 Å². The van der Waals surface area contributed by atoms with E-state index in [1.165, 1.54) is 117 Å².